The van der Waals surface area contributed by atoms with Crippen LogP contribution in [0.1, 0.15) is 113 Å². The van der Waals surface area contributed by atoms with Gasteiger partial charge in [0.15, 0.2) is 16.6 Å². The molecule has 0 heterocycles. The average Bonchev–Trinajstić information content (AvgIpc) is 3.02. The van der Waals surface area contributed by atoms with Crippen molar-refractivity contribution in [2.24, 2.45) is 34.5 Å². The summed E-state index contributed by atoms with van der Waals surface area (Å²) in [6.45, 7) is 29.5. The van der Waals surface area contributed by atoms with Crippen molar-refractivity contribution in [2.75, 3.05) is 0 Å². The van der Waals surface area contributed by atoms with Gasteiger partial charge in [-0.1, -0.05) is 55.4 Å². The fourth-order valence-electron chi connectivity index (χ4n) is 8.60. The van der Waals surface area contributed by atoms with Crippen LogP contribution in [-0.2, 0) is 8.85 Å². The third-order valence-electron chi connectivity index (χ3n) is 13.0. The molecule has 0 aromatic carbocycles. The molecule has 4 aliphatic carbocycles. The summed E-state index contributed by atoms with van der Waals surface area (Å²) in [6.07, 6.45) is 13.5. The molecule has 0 spiro atoms. The van der Waals surface area contributed by atoms with Gasteiger partial charge in [0.2, 0.25) is 0 Å². The molecule has 0 bridgehead atoms. The molecular formula is C31H60O2Si2. The molecule has 35 heavy (non-hydrogen) atoms. The van der Waals surface area contributed by atoms with Gasteiger partial charge >= 0.3 is 0 Å². The maximum Gasteiger partial charge on any atom is 0.192 e. The Morgan fingerprint density at radius 1 is 0.629 bits per heavy atom. The first-order chi connectivity index (χ1) is 15.8. The van der Waals surface area contributed by atoms with Gasteiger partial charge in [-0.3, -0.25) is 0 Å². The average molecular weight is 521 g/mol. The molecule has 0 aliphatic heterocycles. The largest absolute Gasteiger partial charge is 0.414 e. The van der Waals surface area contributed by atoms with Crippen LogP contribution in [0.4, 0.5) is 0 Å². The highest BCUT2D eigenvalue weighted by atomic mass is 28.4. The Morgan fingerprint density at radius 3 is 1.77 bits per heavy atom. The SMILES string of the molecule is CC(C)(C)[Si](C)(C)O[C@H]1CC[C@]2(C)C3CC[C@@]4(C)C(CC[C@@H]4O[Si](C)(C)C(C)(C)C)C3CC[C@H]2C1. The molecule has 4 rings (SSSR count). The summed E-state index contributed by atoms with van der Waals surface area (Å²) in [6, 6.07) is 0. The van der Waals surface area contributed by atoms with Crippen molar-refractivity contribution >= 4 is 16.6 Å². The summed E-state index contributed by atoms with van der Waals surface area (Å²) in [7, 11) is -3.42. The minimum atomic E-state index is -1.73. The second-order valence-corrected chi connectivity index (χ2v) is 26.4. The Bertz CT molecular complexity index is 778. The highest BCUT2D eigenvalue weighted by Gasteiger charge is 2.61. The van der Waals surface area contributed by atoms with E-state index in [9.17, 15) is 0 Å². The number of rotatable bonds is 4. The topological polar surface area (TPSA) is 18.5 Å². The van der Waals surface area contributed by atoms with E-state index in [0.717, 1.165) is 23.7 Å². The van der Waals surface area contributed by atoms with E-state index < -0.39 is 16.6 Å². The van der Waals surface area contributed by atoms with Crippen LogP contribution >= 0.6 is 0 Å². The van der Waals surface area contributed by atoms with Crippen molar-refractivity contribution in [1.29, 1.82) is 0 Å². The number of hydrogen-bond donors (Lipinski definition) is 0. The van der Waals surface area contributed by atoms with Gasteiger partial charge in [0.05, 0.1) is 6.10 Å². The molecule has 4 aliphatic rings. The van der Waals surface area contributed by atoms with Crippen LogP contribution in [-0.4, -0.2) is 28.8 Å². The zero-order chi connectivity index (χ0) is 26.2. The van der Waals surface area contributed by atoms with Crippen LogP contribution in [0.15, 0.2) is 0 Å². The Labute approximate surface area is 221 Å². The van der Waals surface area contributed by atoms with Gasteiger partial charge in [0.1, 0.15) is 0 Å². The zero-order valence-electron chi connectivity index (χ0n) is 25.6. The van der Waals surface area contributed by atoms with E-state index in [1.54, 1.807) is 0 Å². The monoisotopic (exact) mass is 520 g/mol. The Morgan fingerprint density at radius 2 is 1.17 bits per heavy atom. The van der Waals surface area contributed by atoms with Gasteiger partial charge in [0, 0.05) is 6.10 Å². The fraction of sp³-hybridized carbons (Fsp3) is 1.00. The second-order valence-electron chi connectivity index (χ2n) is 16.9. The van der Waals surface area contributed by atoms with Crippen molar-refractivity contribution < 1.29 is 8.85 Å². The molecule has 0 saturated heterocycles. The highest BCUT2D eigenvalue weighted by Crippen LogP contribution is 2.67. The minimum absolute atomic E-state index is 0.301. The van der Waals surface area contributed by atoms with Crippen LogP contribution in [0, 0.1) is 34.5 Å². The Balaban J connectivity index is 1.46. The molecule has 0 amide bonds. The van der Waals surface area contributed by atoms with E-state index in [0.29, 0.717) is 33.1 Å². The fourth-order valence-corrected chi connectivity index (χ4v) is 11.5. The second kappa shape index (κ2) is 8.95. The normalized spacial score (nSPS) is 42.9. The van der Waals surface area contributed by atoms with E-state index in [2.05, 4.69) is 81.6 Å². The van der Waals surface area contributed by atoms with Crippen molar-refractivity contribution in [3.8, 4) is 0 Å². The summed E-state index contributed by atoms with van der Waals surface area (Å²) >= 11 is 0. The molecule has 0 aromatic rings. The third-order valence-corrected chi connectivity index (χ3v) is 22.1. The lowest BCUT2D eigenvalue weighted by molar-refractivity contribution is -0.131. The van der Waals surface area contributed by atoms with Crippen LogP contribution in [0.3, 0.4) is 0 Å². The molecular weight excluding hydrogens is 461 g/mol. The van der Waals surface area contributed by atoms with Crippen molar-refractivity contribution in [2.45, 2.75) is 162 Å². The lowest BCUT2D eigenvalue weighted by Gasteiger charge is -2.61. The summed E-state index contributed by atoms with van der Waals surface area (Å²) in [5.74, 6) is 3.62. The van der Waals surface area contributed by atoms with Crippen molar-refractivity contribution in [3.05, 3.63) is 0 Å². The van der Waals surface area contributed by atoms with Gasteiger partial charge in [-0.15, -0.1) is 0 Å². The van der Waals surface area contributed by atoms with Crippen LogP contribution in [0.25, 0.3) is 0 Å². The summed E-state index contributed by atoms with van der Waals surface area (Å²) in [5, 5.41) is 0.611. The summed E-state index contributed by atoms with van der Waals surface area (Å²) < 4.78 is 14.1. The first kappa shape index (κ1) is 28.4. The number of fused-ring (bicyclic) bond motifs is 5. The lowest BCUT2D eigenvalue weighted by Crippen LogP contribution is -2.56. The minimum Gasteiger partial charge on any atom is -0.414 e. The van der Waals surface area contributed by atoms with Crippen LogP contribution < -0.4 is 0 Å². The van der Waals surface area contributed by atoms with Gasteiger partial charge < -0.3 is 8.85 Å². The summed E-state index contributed by atoms with van der Waals surface area (Å²) in [4.78, 5) is 0. The molecule has 4 heteroatoms. The van der Waals surface area contributed by atoms with Gasteiger partial charge in [0.25, 0.3) is 0 Å². The van der Waals surface area contributed by atoms with Gasteiger partial charge in [-0.2, -0.15) is 0 Å². The first-order valence-corrected chi connectivity index (χ1v) is 21.0. The molecule has 0 aromatic heterocycles. The van der Waals surface area contributed by atoms with Crippen molar-refractivity contribution in [3.63, 3.8) is 0 Å². The maximum atomic E-state index is 7.16. The van der Waals surface area contributed by atoms with E-state index in [-0.39, 0.29) is 0 Å². The zero-order valence-corrected chi connectivity index (χ0v) is 27.6. The molecule has 4 fully saturated rings. The molecule has 3 unspecified atom stereocenters. The van der Waals surface area contributed by atoms with Crippen molar-refractivity contribution in [1.82, 2.24) is 0 Å². The number of hydrogen-bond acceptors (Lipinski definition) is 2. The maximum absolute atomic E-state index is 7.16. The van der Waals surface area contributed by atoms with E-state index in [1.807, 2.05) is 0 Å². The molecule has 0 radical (unpaired) electrons. The van der Waals surface area contributed by atoms with E-state index >= 15 is 0 Å². The Hall–Kier alpha value is 0.354. The first-order valence-electron chi connectivity index (χ1n) is 15.2. The van der Waals surface area contributed by atoms with Crippen LogP contribution in [0.5, 0.6) is 0 Å². The molecule has 0 N–H and O–H groups in total. The predicted octanol–water partition coefficient (Wildman–Crippen LogP) is 9.81. The Kier molecular flexibility index (Phi) is 7.25. The van der Waals surface area contributed by atoms with E-state index in [1.165, 1.54) is 57.8 Å². The molecule has 4 saturated carbocycles. The highest BCUT2D eigenvalue weighted by molar-refractivity contribution is 6.74. The third kappa shape index (κ3) is 4.82. The standard InChI is InChI=1S/C31H60O2Si2/c1-28(2,3)34(9,10)32-23-17-19-30(7)22(21-23)13-14-24-25-15-16-27(31(25,8)20-18-26(24)30)33-35(11,12)29(4,5)6/h22-27H,13-21H2,1-12H3/t22-,23-,24?,25?,26?,27-,30-,31-/m0/s1. The van der Waals surface area contributed by atoms with Gasteiger partial charge in [-0.25, -0.2) is 0 Å². The van der Waals surface area contributed by atoms with Gasteiger partial charge in [-0.05, 0) is 129 Å². The molecule has 2 nitrogen and oxygen atoms in total. The van der Waals surface area contributed by atoms with Crippen LogP contribution in [0.2, 0.25) is 36.3 Å². The quantitative estimate of drug-likeness (QED) is 0.343. The summed E-state index contributed by atoms with van der Waals surface area (Å²) in [5.41, 5.74) is 0.943. The van der Waals surface area contributed by atoms with E-state index in [4.69, 9.17) is 8.85 Å². The molecule has 204 valence electrons. The predicted molar refractivity (Wildman–Crippen MR) is 156 cm³/mol. The smallest absolute Gasteiger partial charge is 0.192 e. The molecule has 8 atom stereocenters. The lowest BCUT2D eigenvalue weighted by atomic mass is 9.45.